The molecule has 1 rings (SSSR count). The highest BCUT2D eigenvalue weighted by molar-refractivity contribution is 5.41. The Morgan fingerprint density at radius 3 is 2.50 bits per heavy atom. The summed E-state index contributed by atoms with van der Waals surface area (Å²) < 4.78 is 0. The minimum absolute atomic E-state index is 0.325. The van der Waals surface area contributed by atoms with Crippen molar-refractivity contribution in [3.8, 4) is 0 Å². The van der Waals surface area contributed by atoms with E-state index in [0.29, 0.717) is 17.9 Å². The molecule has 1 aromatic rings. The van der Waals surface area contributed by atoms with Crippen LogP contribution < -0.4 is 11.1 Å². The number of nitrogen functional groups attached to an aromatic ring is 1. The van der Waals surface area contributed by atoms with Gasteiger partial charge in [0.25, 0.3) is 0 Å². The second-order valence-electron chi connectivity index (χ2n) is 5.49. The van der Waals surface area contributed by atoms with Gasteiger partial charge in [-0.05, 0) is 33.4 Å². The van der Waals surface area contributed by atoms with Crippen molar-refractivity contribution in [2.45, 2.75) is 33.2 Å². The number of aryl methyl sites for hydroxylation is 1. The van der Waals surface area contributed by atoms with Crippen LogP contribution in [0.25, 0.3) is 0 Å². The number of nitrogens with one attached hydrogen (secondary N) is 1. The van der Waals surface area contributed by atoms with E-state index in [1.165, 1.54) is 0 Å². The Bertz CT molecular complexity index is 345. The van der Waals surface area contributed by atoms with E-state index in [1.54, 1.807) is 0 Å². The lowest BCUT2D eigenvalue weighted by Gasteiger charge is -2.24. The van der Waals surface area contributed by atoms with Gasteiger partial charge in [0.15, 0.2) is 0 Å². The Hall–Kier alpha value is -1.36. The van der Waals surface area contributed by atoms with E-state index in [-0.39, 0.29) is 0 Å². The summed E-state index contributed by atoms with van der Waals surface area (Å²) in [4.78, 5) is 10.5. The predicted molar refractivity (Wildman–Crippen MR) is 76.6 cm³/mol. The number of hydrogen-bond donors (Lipinski definition) is 2. The van der Waals surface area contributed by atoms with Crippen LogP contribution in [0.1, 0.15) is 26.0 Å². The van der Waals surface area contributed by atoms with Crippen LogP contribution in [-0.2, 0) is 0 Å². The Labute approximate surface area is 110 Å². The van der Waals surface area contributed by atoms with Gasteiger partial charge in [-0.15, -0.1) is 0 Å². The van der Waals surface area contributed by atoms with E-state index in [9.17, 15) is 0 Å². The normalized spacial score (nSPS) is 13.1. The number of anilines is 2. The molecule has 0 aromatic carbocycles. The first-order chi connectivity index (χ1) is 8.36. The van der Waals surface area contributed by atoms with Gasteiger partial charge < -0.3 is 16.0 Å². The van der Waals surface area contributed by atoms with E-state index in [4.69, 9.17) is 5.73 Å². The quantitative estimate of drug-likeness (QED) is 0.806. The zero-order valence-corrected chi connectivity index (χ0v) is 12.1. The number of hydrogen-bond acceptors (Lipinski definition) is 5. The van der Waals surface area contributed by atoms with Crippen LogP contribution in [0, 0.1) is 12.8 Å². The van der Waals surface area contributed by atoms with Crippen LogP contribution in [0.4, 0.5) is 11.8 Å². The molecule has 1 aromatic heterocycles. The first-order valence-corrected chi connectivity index (χ1v) is 6.39. The molecule has 1 atom stereocenters. The smallest absolute Gasteiger partial charge is 0.222 e. The molecule has 1 unspecified atom stereocenters. The molecule has 0 amide bonds. The van der Waals surface area contributed by atoms with Crippen molar-refractivity contribution in [2.24, 2.45) is 5.92 Å². The molecule has 18 heavy (non-hydrogen) atoms. The van der Waals surface area contributed by atoms with Crippen molar-refractivity contribution in [1.29, 1.82) is 0 Å². The van der Waals surface area contributed by atoms with Crippen molar-refractivity contribution in [3.05, 3.63) is 11.8 Å². The maximum absolute atomic E-state index is 5.67. The Morgan fingerprint density at radius 1 is 1.33 bits per heavy atom. The molecule has 0 aliphatic rings. The second-order valence-corrected chi connectivity index (χ2v) is 5.49. The lowest BCUT2D eigenvalue weighted by atomic mass is 10.0. The van der Waals surface area contributed by atoms with Gasteiger partial charge in [0.05, 0.1) is 0 Å². The fourth-order valence-electron chi connectivity index (χ4n) is 2.06. The first-order valence-electron chi connectivity index (χ1n) is 6.39. The van der Waals surface area contributed by atoms with Crippen LogP contribution in [0.5, 0.6) is 0 Å². The summed E-state index contributed by atoms with van der Waals surface area (Å²) in [7, 11) is 4.16. The molecule has 0 spiro atoms. The van der Waals surface area contributed by atoms with Gasteiger partial charge in [0.2, 0.25) is 5.95 Å². The van der Waals surface area contributed by atoms with E-state index in [0.717, 1.165) is 24.5 Å². The highest BCUT2D eigenvalue weighted by atomic mass is 15.1. The topological polar surface area (TPSA) is 67.1 Å². The highest BCUT2D eigenvalue weighted by Gasteiger charge is 2.13. The van der Waals surface area contributed by atoms with Gasteiger partial charge in [-0.3, -0.25) is 0 Å². The zero-order chi connectivity index (χ0) is 13.7. The summed E-state index contributed by atoms with van der Waals surface area (Å²) in [5, 5.41) is 3.45. The molecule has 0 aliphatic carbocycles. The molecule has 0 saturated carbocycles. The van der Waals surface area contributed by atoms with E-state index in [1.807, 2.05) is 13.0 Å². The van der Waals surface area contributed by atoms with Crippen molar-refractivity contribution < 1.29 is 0 Å². The molecule has 1 heterocycles. The van der Waals surface area contributed by atoms with Crippen LogP contribution in [-0.4, -0.2) is 41.5 Å². The maximum Gasteiger partial charge on any atom is 0.222 e. The lowest BCUT2D eigenvalue weighted by molar-refractivity contribution is 0.356. The number of rotatable bonds is 6. The Kier molecular flexibility index (Phi) is 5.34. The number of likely N-dealkylation sites (N-methyl/N-ethyl adjacent to an activating group) is 1. The van der Waals surface area contributed by atoms with Crippen molar-refractivity contribution in [1.82, 2.24) is 14.9 Å². The Morgan fingerprint density at radius 2 is 2.00 bits per heavy atom. The van der Waals surface area contributed by atoms with Gasteiger partial charge >= 0.3 is 0 Å². The summed E-state index contributed by atoms with van der Waals surface area (Å²) in [6.45, 7) is 7.35. The van der Waals surface area contributed by atoms with Crippen LogP contribution in [0.15, 0.2) is 6.07 Å². The molecule has 0 fully saturated rings. The van der Waals surface area contributed by atoms with Crippen molar-refractivity contribution in [3.63, 3.8) is 0 Å². The maximum atomic E-state index is 5.67. The van der Waals surface area contributed by atoms with E-state index >= 15 is 0 Å². The SMILES string of the molecule is Cc1cc(NC(CC(C)C)CN(C)C)nc(N)n1. The third kappa shape index (κ3) is 5.31. The van der Waals surface area contributed by atoms with Gasteiger partial charge in [0, 0.05) is 24.3 Å². The minimum Gasteiger partial charge on any atom is -0.368 e. The number of nitrogens with zero attached hydrogens (tertiary/aromatic N) is 3. The summed E-state index contributed by atoms with van der Waals surface area (Å²) in [5.41, 5.74) is 6.55. The third-order valence-electron chi connectivity index (χ3n) is 2.56. The highest BCUT2D eigenvalue weighted by Crippen LogP contribution is 2.13. The molecule has 0 aliphatic heterocycles. The first kappa shape index (κ1) is 14.7. The van der Waals surface area contributed by atoms with E-state index in [2.05, 4.69) is 48.1 Å². The molecule has 0 saturated heterocycles. The monoisotopic (exact) mass is 251 g/mol. The average Bonchev–Trinajstić information content (AvgIpc) is 2.12. The summed E-state index contributed by atoms with van der Waals surface area (Å²) in [6.07, 6.45) is 1.10. The summed E-state index contributed by atoms with van der Waals surface area (Å²) in [6, 6.07) is 2.30. The van der Waals surface area contributed by atoms with Crippen LogP contribution in [0.2, 0.25) is 0 Å². The molecule has 3 N–H and O–H groups in total. The number of nitrogens with two attached hydrogens (primary N) is 1. The standard InChI is InChI=1S/C13H25N5/c1-9(2)6-11(8-18(4)5)16-12-7-10(3)15-13(14)17-12/h7,9,11H,6,8H2,1-5H3,(H3,14,15,16,17). The average molecular weight is 251 g/mol. The van der Waals surface area contributed by atoms with Crippen LogP contribution in [0.3, 0.4) is 0 Å². The van der Waals surface area contributed by atoms with Crippen molar-refractivity contribution >= 4 is 11.8 Å². The fraction of sp³-hybridized carbons (Fsp3) is 0.692. The van der Waals surface area contributed by atoms with E-state index < -0.39 is 0 Å². The molecule has 102 valence electrons. The Balaban J connectivity index is 2.74. The predicted octanol–water partition coefficient (Wildman–Crippen LogP) is 1.76. The van der Waals surface area contributed by atoms with Gasteiger partial charge in [-0.2, -0.15) is 4.98 Å². The molecule has 0 radical (unpaired) electrons. The van der Waals surface area contributed by atoms with Gasteiger partial charge in [-0.25, -0.2) is 4.98 Å². The number of aromatic nitrogens is 2. The summed E-state index contributed by atoms with van der Waals surface area (Å²) >= 11 is 0. The lowest BCUT2D eigenvalue weighted by Crippen LogP contribution is -2.33. The summed E-state index contributed by atoms with van der Waals surface area (Å²) in [5.74, 6) is 1.78. The molecule has 5 nitrogen and oxygen atoms in total. The van der Waals surface area contributed by atoms with Gasteiger partial charge in [0.1, 0.15) is 5.82 Å². The molecule has 0 bridgehead atoms. The van der Waals surface area contributed by atoms with Gasteiger partial charge in [-0.1, -0.05) is 13.8 Å². The molecule has 5 heteroatoms. The van der Waals surface area contributed by atoms with Crippen LogP contribution >= 0.6 is 0 Å². The molecular weight excluding hydrogens is 226 g/mol. The largest absolute Gasteiger partial charge is 0.368 e. The third-order valence-corrected chi connectivity index (χ3v) is 2.56. The minimum atomic E-state index is 0.325. The van der Waals surface area contributed by atoms with Crippen molar-refractivity contribution in [2.75, 3.05) is 31.7 Å². The molecular formula is C13H25N5. The zero-order valence-electron chi connectivity index (χ0n) is 12.1. The second kappa shape index (κ2) is 6.54. The fourth-order valence-corrected chi connectivity index (χ4v) is 2.06.